The number of thiophene rings is 1. The van der Waals surface area contributed by atoms with Gasteiger partial charge >= 0.3 is 5.97 Å². The van der Waals surface area contributed by atoms with Gasteiger partial charge in [-0.1, -0.05) is 48.0 Å². The lowest BCUT2D eigenvalue weighted by Crippen LogP contribution is -2.22. The summed E-state index contributed by atoms with van der Waals surface area (Å²) >= 11 is 1.26. The molecule has 0 atom stereocenters. The zero-order chi connectivity index (χ0) is 22.5. The van der Waals surface area contributed by atoms with Crippen LogP contribution in [-0.2, 0) is 9.53 Å². The van der Waals surface area contributed by atoms with Gasteiger partial charge in [0.2, 0.25) is 0 Å². The lowest BCUT2D eigenvalue weighted by molar-refractivity contribution is -0.119. The summed E-state index contributed by atoms with van der Waals surface area (Å²) in [5, 5.41) is 18.0. The molecule has 0 bridgehead atoms. The standard InChI is InChI=1S/C24H18N4O3S/c1-16-7-9-17(10-8-16)20-11-12-32-22(20)24(30)31-15-21(29)27-23-18(13-25)14-26-28(23)19-5-3-2-4-6-19/h2-12,14H,15H2,1H3,(H,27,29). The van der Waals surface area contributed by atoms with Gasteiger partial charge in [-0.05, 0) is 36.1 Å². The normalized spacial score (nSPS) is 10.4. The number of nitrogens with one attached hydrogen (secondary N) is 1. The minimum absolute atomic E-state index is 0.202. The van der Waals surface area contributed by atoms with E-state index in [1.165, 1.54) is 22.2 Å². The number of rotatable bonds is 6. The van der Waals surface area contributed by atoms with Gasteiger partial charge in [0.1, 0.15) is 16.5 Å². The fourth-order valence-corrected chi connectivity index (χ4v) is 3.92. The van der Waals surface area contributed by atoms with Crippen molar-refractivity contribution in [3.05, 3.63) is 88.2 Å². The van der Waals surface area contributed by atoms with Crippen LogP contribution in [0.4, 0.5) is 5.82 Å². The Labute approximate surface area is 188 Å². The Morgan fingerprint density at radius 3 is 2.59 bits per heavy atom. The summed E-state index contributed by atoms with van der Waals surface area (Å²) < 4.78 is 6.70. The first-order valence-electron chi connectivity index (χ1n) is 9.72. The van der Waals surface area contributed by atoms with E-state index >= 15 is 0 Å². The van der Waals surface area contributed by atoms with E-state index in [1.54, 1.807) is 12.1 Å². The number of para-hydroxylation sites is 1. The summed E-state index contributed by atoms with van der Waals surface area (Å²) in [6, 6.07) is 20.8. The minimum atomic E-state index is -0.581. The fraction of sp³-hybridized carbons (Fsp3) is 0.0833. The Hall–Kier alpha value is -4.22. The van der Waals surface area contributed by atoms with Crippen LogP contribution < -0.4 is 5.32 Å². The lowest BCUT2D eigenvalue weighted by Gasteiger charge is -2.10. The van der Waals surface area contributed by atoms with Crippen molar-refractivity contribution in [2.24, 2.45) is 0 Å². The van der Waals surface area contributed by atoms with Gasteiger partial charge in [0.25, 0.3) is 5.91 Å². The van der Waals surface area contributed by atoms with Crippen LogP contribution in [0.2, 0.25) is 0 Å². The molecular formula is C24H18N4O3S. The fourth-order valence-electron chi connectivity index (χ4n) is 3.11. The molecule has 4 rings (SSSR count). The molecule has 0 spiro atoms. The van der Waals surface area contributed by atoms with Crippen molar-refractivity contribution >= 4 is 29.0 Å². The highest BCUT2D eigenvalue weighted by Crippen LogP contribution is 2.29. The highest BCUT2D eigenvalue weighted by atomic mass is 32.1. The van der Waals surface area contributed by atoms with Gasteiger partial charge in [0.05, 0.1) is 11.9 Å². The second-order valence-electron chi connectivity index (χ2n) is 6.92. The van der Waals surface area contributed by atoms with Crippen LogP contribution in [0.3, 0.4) is 0 Å². The van der Waals surface area contributed by atoms with Gasteiger partial charge < -0.3 is 10.1 Å². The number of esters is 1. The van der Waals surface area contributed by atoms with Gasteiger partial charge in [-0.2, -0.15) is 10.4 Å². The molecule has 0 unspecified atom stereocenters. The van der Waals surface area contributed by atoms with E-state index in [1.807, 2.05) is 66.9 Å². The molecule has 0 saturated carbocycles. The number of hydrogen-bond donors (Lipinski definition) is 1. The molecule has 0 radical (unpaired) electrons. The van der Waals surface area contributed by atoms with Crippen LogP contribution in [-0.4, -0.2) is 28.3 Å². The molecule has 2 aromatic heterocycles. The molecule has 0 fully saturated rings. The lowest BCUT2D eigenvalue weighted by atomic mass is 10.1. The Bertz CT molecular complexity index is 1300. The van der Waals surface area contributed by atoms with Gasteiger partial charge in [-0.3, -0.25) is 4.79 Å². The predicted molar refractivity (Wildman–Crippen MR) is 122 cm³/mol. The number of nitriles is 1. The van der Waals surface area contributed by atoms with E-state index in [0.29, 0.717) is 10.6 Å². The first-order valence-corrected chi connectivity index (χ1v) is 10.6. The Morgan fingerprint density at radius 2 is 1.88 bits per heavy atom. The van der Waals surface area contributed by atoms with Crippen molar-refractivity contribution in [3.63, 3.8) is 0 Å². The van der Waals surface area contributed by atoms with E-state index in [-0.39, 0.29) is 11.4 Å². The molecule has 2 aromatic carbocycles. The maximum absolute atomic E-state index is 12.6. The molecule has 2 heterocycles. The van der Waals surface area contributed by atoms with E-state index in [4.69, 9.17) is 4.74 Å². The van der Waals surface area contributed by atoms with Crippen molar-refractivity contribution in [2.75, 3.05) is 11.9 Å². The smallest absolute Gasteiger partial charge is 0.349 e. The van der Waals surface area contributed by atoms with E-state index in [0.717, 1.165) is 16.7 Å². The van der Waals surface area contributed by atoms with E-state index in [9.17, 15) is 14.9 Å². The number of nitrogens with zero attached hydrogens (tertiary/aromatic N) is 3. The number of aromatic nitrogens is 2. The third-order valence-corrected chi connectivity index (χ3v) is 5.59. The maximum atomic E-state index is 12.6. The summed E-state index contributed by atoms with van der Waals surface area (Å²) in [5.41, 5.74) is 3.67. The summed E-state index contributed by atoms with van der Waals surface area (Å²) in [6.45, 7) is 1.50. The number of hydrogen-bond acceptors (Lipinski definition) is 6. The predicted octanol–water partition coefficient (Wildman–Crippen LogP) is 4.58. The second kappa shape index (κ2) is 9.29. The van der Waals surface area contributed by atoms with E-state index < -0.39 is 18.5 Å². The Kier molecular flexibility index (Phi) is 6.10. The number of carbonyl (C=O) groups excluding carboxylic acids is 2. The molecule has 8 heteroatoms. The second-order valence-corrected chi connectivity index (χ2v) is 7.84. The van der Waals surface area contributed by atoms with Crippen molar-refractivity contribution in [3.8, 4) is 22.9 Å². The van der Waals surface area contributed by atoms with Crippen molar-refractivity contribution < 1.29 is 14.3 Å². The van der Waals surface area contributed by atoms with Crippen molar-refractivity contribution in [1.29, 1.82) is 5.26 Å². The molecule has 32 heavy (non-hydrogen) atoms. The Morgan fingerprint density at radius 1 is 1.12 bits per heavy atom. The first kappa shape index (κ1) is 21.0. The maximum Gasteiger partial charge on any atom is 0.349 e. The quantitative estimate of drug-likeness (QED) is 0.441. The highest BCUT2D eigenvalue weighted by molar-refractivity contribution is 7.12. The first-order chi connectivity index (χ1) is 15.6. The Balaban J connectivity index is 1.46. The monoisotopic (exact) mass is 442 g/mol. The van der Waals surface area contributed by atoms with Crippen LogP contribution in [0, 0.1) is 18.3 Å². The third-order valence-electron chi connectivity index (χ3n) is 4.70. The summed E-state index contributed by atoms with van der Waals surface area (Å²) in [4.78, 5) is 25.5. The average molecular weight is 443 g/mol. The molecule has 0 aliphatic rings. The number of amides is 1. The van der Waals surface area contributed by atoms with Gasteiger partial charge in [0, 0.05) is 5.56 Å². The van der Waals surface area contributed by atoms with Crippen LogP contribution in [0.5, 0.6) is 0 Å². The molecule has 7 nitrogen and oxygen atoms in total. The number of benzene rings is 2. The molecule has 0 saturated heterocycles. The largest absolute Gasteiger partial charge is 0.451 e. The van der Waals surface area contributed by atoms with Crippen LogP contribution in [0.25, 0.3) is 16.8 Å². The van der Waals surface area contributed by atoms with Crippen LogP contribution in [0.15, 0.2) is 72.2 Å². The molecule has 1 amide bonds. The number of aryl methyl sites for hydroxylation is 1. The summed E-state index contributed by atoms with van der Waals surface area (Å²) in [5.74, 6) is -0.931. The molecule has 158 valence electrons. The van der Waals surface area contributed by atoms with Crippen LogP contribution >= 0.6 is 11.3 Å². The minimum Gasteiger partial charge on any atom is -0.451 e. The van der Waals surface area contributed by atoms with Crippen molar-refractivity contribution in [1.82, 2.24) is 9.78 Å². The highest BCUT2D eigenvalue weighted by Gasteiger charge is 2.19. The molecule has 1 N–H and O–H groups in total. The average Bonchev–Trinajstić information content (AvgIpc) is 3.46. The number of ether oxygens (including phenoxy) is 1. The van der Waals surface area contributed by atoms with Gasteiger partial charge in [-0.25, -0.2) is 9.48 Å². The molecule has 4 aromatic rings. The molecular weight excluding hydrogens is 424 g/mol. The van der Waals surface area contributed by atoms with Crippen molar-refractivity contribution in [2.45, 2.75) is 6.92 Å². The summed E-state index contributed by atoms with van der Waals surface area (Å²) in [7, 11) is 0. The summed E-state index contributed by atoms with van der Waals surface area (Å²) in [6.07, 6.45) is 1.37. The van der Waals surface area contributed by atoms with E-state index in [2.05, 4.69) is 10.4 Å². The zero-order valence-electron chi connectivity index (χ0n) is 17.1. The van der Waals surface area contributed by atoms with Gasteiger partial charge in [0.15, 0.2) is 12.4 Å². The SMILES string of the molecule is Cc1ccc(-c2ccsc2C(=O)OCC(=O)Nc2c(C#N)cnn2-c2ccccc2)cc1. The molecule has 0 aliphatic heterocycles. The van der Waals surface area contributed by atoms with Crippen LogP contribution in [0.1, 0.15) is 20.8 Å². The number of carbonyl (C=O) groups is 2. The third kappa shape index (κ3) is 4.43. The molecule has 0 aliphatic carbocycles. The number of anilines is 1. The zero-order valence-corrected chi connectivity index (χ0v) is 17.9. The van der Waals surface area contributed by atoms with Gasteiger partial charge in [-0.15, -0.1) is 11.3 Å². The topological polar surface area (TPSA) is 97.0 Å².